The second kappa shape index (κ2) is 9.30. The normalized spacial score (nSPS) is 18.1. The van der Waals surface area contributed by atoms with Gasteiger partial charge < -0.3 is 4.74 Å². The molecule has 35 heavy (non-hydrogen) atoms. The van der Waals surface area contributed by atoms with Gasteiger partial charge in [0.25, 0.3) is 0 Å². The predicted molar refractivity (Wildman–Crippen MR) is 125 cm³/mol. The van der Waals surface area contributed by atoms with Crippen LogP contribution in [0.15, 0.2) is 53.7 Å². The van der Waals surface area contributed by atoms with Gasteiger partial charge in [-0.3, -0.25) is 9.83 Å². The van der Waals surface area contributed by atoms with E-state index in [4.69, 9.17) is 14.6 Å². The van der Waals surface area contributed by atoms with Crippen LogP contribution in [0.25, 0.3) is 0 Å². The number of hydrogen-bond donors (Lipinski definition) is 1. The number of amidine groups is 1. The standard InChI is InChI=1S/C26H25F3N4O2/c1-15-6-7-18(16(2)10-15)11-20-14-34-33-25(31-20)23-22(13-30-24(32-23)17-8-9-17)35-21-5-3-4-19(12-21)26(27,28)29/h3-7,10,12-13,17,20H,8-9,11,14H2,1-2H3,(H,31,33). The largest absolute Gasteiger partial charge is 0.453 e. The molecule has 0 saturated heterocycles. The maximum absolute atomic E-state index is 13.2. The van der Waals surface area contributed by atoms with E-state index in [2.05, 4.69) is 47.5 Å². The van der Waals surface area contributed by atoms with Gasteiger partial charge in [-0.15, -0.1) is 0 Å². The van der Waals surface area contributed by atoms with Crippen LogP contribution in [0.3, 0.4) is 0 Å². The van der Waals surface area contributed by atoms with E-state index in [1.807, 2.05) is 0 Å². The fraction of sp³-hybridized carbons (Fsp3) is 0.346. The fourth-order valence-electron chi connectivity index (χ4n) is 4.03. The zero-order valence-corrected chi connectivity index (χ0v) is 19.4. The van der Waals surface area contributed by atoms with E-state index in [-0.39, 0.29) is 23.5 Å². The molecule has 182 valence electrons. The highest BCUT2D eigenvalue weighted by molar-refractivity contribution is 5.99. The summed E-state index contributed by atoms with van der Waals surface area (Å²) in [4.78, 5) is 19.5. The Bertz CT molecular complexity index is 1270. The average molecular weight is 483 g/mol. The predicted octanol–water partition coefficient (Wildman–Crippen LogP) is 5.67. The number of halogens is 3. The molecule has 1 N–H and O–H groups in total. The summed E-state index contributed by atoms with van der Waals surface area (Å²) >= 11 is 0. The summed E-state index contributed by atoms with van der Waals surface area (Å²) in [7, 11) is 0. The minimum absolute atomic E-state index is 0.0352. The van der Waals surface area contributed by atoms with E-state index in [0.717, 1.165) is 25.0 Å². The molecular formula is C26H25F3N4O2. The Balaban J connectivity index is 1.46. The summed E-state index contributed by atoms with van der Waals surface area (Å²) < 4.78 is 45.4. The van der Waals surface area contributed by atoms with Crippen LogP contribution in [0.5, 0.6) is 11.5 Å². The number of benzene rings is 2. The molecule has 1 aliphatic carbocycles. The summed E-state index contributed by atoms with van der Waals surface area (Å²) in [6.45, 7) is 4.50. The Hall–Kier alpha value is -3.46. The number of ether oxygens (including phenoxy) is 1. The van der Waals surface area contributed by atoms with Crippen molar-refractivity contribution in [3.05, 3.63) is 82.4 Å². The molecule has 0 spiro atoms. The van der Waals surface area contributed by atoms with Crippen LogP contribution in [-0.4, -0.2) is 28.5 Å². The molecule has 9 heteroatoms. The number of rotatable bonds is 6. The molecule has 1 aromatic heterocycles. The van der Waals surface area contributed by atoms with E-state index in [1.165, 1.54) is 35.0 Å². The number of nitrogens with zero attached hydrogens (tertiary/aromatic N) is 3. The van der Waals surface area contributed by atoms with Crippen LogP contribution < -0.4 is 10.2 Å². The molecule has 2 heterocycles. The molecule has 0 amide bonds. The van der Waals surface area contributed by atoms with Crippen LogP contribution in [-0.2, 0) is 17.4 Å². The zero-order valence-electron chi connectivity index (χ0n) is 19.4. The molecule has 1 unspecified atom stereocenters. The van der Waals surface area contributed by atoms with Crippen LogP contribution in [0.2, 0.25) is 0 Å². The summed E-state index contributed by atoms with van der Waals surface area (Å²) in [6.07, 6.45) is -0.299. The molecule has 0 radical (unpaired) electrons. The lowest BCUT2D eigenvalue weighted by atomic mass is 9.99. The van der Waals surface area contributed by atoms with Crippen LogP contribution in [0.1, 0.15) is 52.5 Å². The third-order valence-electron chi connectivity index (χ3n) is 6.04. The van der Waals surface area contributed by atoms with Gasteiger partial charge >= 0.3 is 6.18 Å². The monoisotopic (exact) mass is 482 g/mol. The van der Waals surface area contributed by atoms with Crippen molar-refractivity contribution >= 4 is 5.84 Å². The molecule has 2 aromatic carbocycles. The molecule has 1 fully saturated rings. The average Bonchev–Trinajstić information content (AvgIpc) is 3.67. The molecule has 0 bridgehead atoms. The minimum atomic E-state index is -4.47. The first-order chi connectivity index (χ1) is 16.8. The van der Waals surface area contributed by atoms with Crippen molar-refractivity contribution in [2.24, 2.45) is 4.99 Å². The van der Waals surface area contributed by atoms with Crippen molar-refractivity contribution < 1.29 is 22.7 Å². The Morgan fingerprint density at radius 3 is 2.69 bits per heavy atom. The summed E-state index contributed by atoms with van der Waals surface area (Å²) in [6, 6.07) is 10.9. The van der Waals surface area contributed by atoms with Gasteiger partial charge in [-0.25, -0.2) is 15.4 Å². The maximum Gasteiger partial charge on any atom is 0.416 e. The summed E-state index contributed by atoms with van der Waals surface area (Å²) in [5.41, 5.74) is 5.95. The number of aryl methyl sites for hydroxylation is 2. The van der Waals surface area contributed by atoms with E-state index in [1.54, 1.807) is 0 Å². The quantitative estimate of drug-likeness (QED) is 0.490. The van der Waals surface area contributed by atoms with Gasteiger partial charge in [0.1, 0.15) is 11.6 Å². The van der Waals surface area contributed by atoms with Gasteiger partial charge in [-0.2, -0.15) is 13.2 Å². The van der Waals surface area contributed by atoms with Crippen molar-refractivity contribution in [3.63, 3.8) is 0 Å². The van der Waals surface area contributed by atoms with Crippen LogP contribution in [0, 0.1) is 13.8 Å². The Morgan fingerprint density at radius 2 is 1.94 bits per heavy atom. The van der Waals surface area contributed by atoms with E-state index < -0.39 is 11.7 Å². The first kappa shape index (κ1) is 23.3. The Kier molecular flexibility index (Phi) is 6.19. The van der Waals surface area contributed by atoms with Crippen molar-refractivity contribution in [3.8, 4) is 11.5 Å². The van der Waals surface area contributed by atoms with E-state index in [9.17, 15) is 13.2 Å². The topological polar surface area (TPSA) is 68.6 Å². The van der Waals surface area contributed by atoms with Gasteiger partial charge in [-0.05, 0) is 62.4 Å². The molecular weight excluding hydrogens is 457 g/mol. The second-order valence-electron chi connectivity index (χ2n) is 9.02. The molecule has 1 saturated carbocycles. The van der Waals surface area contributed by atoms with Crippen LogP contribution >= 0.6 is 0 Å². The highest BCUT2D eigenvalue weighted by atomic mass is 19.4. The van der Waals surface area contributed by atoms with Gasteiger partial charge in [0, 0.05) is 5.92 Å². The second-order valence-corrected chi connectivity index (χ2v) is 9.02. The number of hydroxylamine groups is 1. The fourth-order valence-corrected chi connectivity index (χ4v) is 4.03. The van der Waals surface area contributed by atoms with Gasteiger partial charge in [-0.1, -0.05) is 29.8 Å². The Labute approximate surface area is 201 Å². The number of alkyl halides is 3. The van der Waals surface area contributed by atoms with Gasteiger partial charge in [0.2, 0.25) is 0 Å². The minimum Gasteiger partial charge on any atom is -0.453 e. The van der Waals surface area contributed by atoms with Crippen LogP contribution in [0.4, 0.5) is 13.2 Å². The zero-order chi connectivity index (χ0) is 24.6. The van der Waals surface area contributed by atoms with Crippen molar-refractivity contribution in [1.29, 1.82) is 0 Å². The summed E-state index contributed by atoms with van der Waals surface area (Å²) in [5.74, 6) is 1.55. The number of aromatic nitrogens is 2. The molecule has 1 atom stereocenters. The van der Waals surface area contributed by atoms with Gasteiger partial charge in [0.05, 0.1) is 24.4 Å². The molecule has 5 rings (SSSR count). The smallest absolute Gasteiger partial charge is 0.416 e. The highest BCUT2D eigenvalue weighted by Gasteiger charge is 2.32. The van der Waals surface area contributed by atoms with Crippen molar-refractivity contribution in [2.75, 3.05) is 6.61 Å². The van der Waals surface area contributed by atoms with E-state index >= 15 is 0 Å². The molecule has 1 aliphatic heterocycles. The lowest BCUT2D eigenvalue weighted by Crippen LogP contribution is -2.37. The number of aliphatic imine (C=N–C) groups is 1. The third-order valence-corrected chi connectivity index (χ3v) is 6.04. The van der Waals surface area contributed by atoms with Crippen molar-refractivity contribution in [2.45, 2.75) is 51.2 Å². The molecule has 6 nitrogen and oxygen atoms in total. The SMILES string of the molecule is Cc1ccc(CC2CONC(c3nc(C4CC4)ncc3Oc3cccc(C(F)(F)F)c3)=N2)c(C)c1. The lowest BCUT2D eigenvalue weighted by molar-refractivity contribution is -0.137. The third kappa shape index (κ3) is 5.45. The maximum atomic E-state index is 13.2. The van der Waals surface area contributed by atoms with Gasteiger partial charge in [0.15, 0.2) is 17.3 Å². The number of nitrogens with one attached hydrogen (secondary N) is 1. The number of hydrogen-bond acceptors (Lipinski definition) is 6. The lowest BCUT2D eigenvalue weighted by Gasteiger charge is -2.23. The first-order valence-electron chi connectivity index (χ1n) is 11.5. The van der Waals surface area contributed by atoms with Crippen molar-refractivity contribution in [1.82, 2.24) is 15.4 Å². The highest BCUT2D eigenvalue weighted by Crippen LogP contribution is 2.39. The first-order valence-corrected chi connectivity index (χ1v) is 11.5. The van der Waals surface area contributed by atoms with E-state index in [0.29, 0.717) is 30.4 Å². The molecule has 3 aromatic rings. The molecule has 2 aliphatic rings. The summed E-state index contributed by atoms with van der Waals surface area (Å²) in [5, 5.41) is 0. The Morgan fingerprint density at radius 1 is 1.11 bits per heavy atom.